The van der Waals surface area contributed by atoms with Crippen LogP contribution < -0.4 is 5.32 Å². The molecule has 0 heterocycles. The van der Waals surface area contributed by atoms with Crippen LogP contribution in [0.4, 0.5) is 0 Å². The fraction of sp³-hybridized carbons (Fsp3) is 0.562. The minimum Gasteiger partial charge on any atom is -0.383 e. The largest absolute Gasteiger partial charge is 0.383 e. The molecule has 1 rings (SSSR count). The Bertz CT molecular complexity index is 460. The molecule has 0 saturated carbocycles. The van der Waals surface area contributed by atoms with Gasteiger partial charge in [-0.15, -0.1) is 11.8 Å². The predicted octanol–water partition coefficient (Wildman–Crippen LogP) is 3.16. The highest BCUT2D eigenvalue weighted by molar-refractivity contribution is 8.00. The van der Waals surface area contributed by atoms with Crippen molar-refractivity contribution in [2.45, 2.75) is 45.6 Å². The van der Waals surface area contributed by atoms with E-state index in [9.17, 15) is 4.79 Å². The molecule has 112 valence electrons. The number of ether oxygens (including phenoxy) is 1. The average molecular weight is 295 g/mol. The van der Waals surface area contributed by atoms with Gasteiger partial charge in [0, 0.05) is 18.0 Å². The summed E-state index contributed by atoms with van der Waals surface area (Å²) in [7, 11) is 1.64. The summed E-state index contributed by atoms with van der Waals surface area (Å²) in [5.74, 6) is 0.496. The summed E-state index contributed by atoms with van der Waals surface area (Å²) in [4.78, 5) is 13.1. The molecule has 4 heteroatoms. The number of carbonyl (C=O) groups excluding carboxylic acids is 1. The number of benzene rings is 1. The lowest BCUT2D eigenvalue weighted by molar-refractivity contribution is -0.119. The summed E-state index contributed by atoms with van der Waals surface area (Å²) in [5.41, 5.74) is 5.11. The lowest BCUT2D eigenvalue weighted by Crippen LogP contribution is -2.36. The van der Waals surface area contributed by atoms with Crippen LogP contribution in [0.3, 0.4) is 0 Å². The van der Waals surface area contributed by atoms with Crippen molar-refractivity contribution in [2.24, 2.45) is 0 Å². The summed E-state index contributed by atoms with van der Waals surface area (Å²) >= 11 is 1.62. The maximum Gasteiger partial charge on any atom is 0.230 e. The Balaban J connectivity index is 2.69. The van der Waals surface area contributed by atoms with Crippen molar-refractivity contribution >= 4 is 17.7 Å². The Kier molecular flexibility index (Phi) is 6.56. The second-order valence-electron chi connectivity index (χ2n) is 5.30. The average Bonchev–Trinajstić information content (AvgIpc) is 2.36. The van der Waals surface area contributed by atoms with Crippen LogP contribution in [0, 0.1) is 27.7 Å². The summed E-state index contributed by atoms with van der Waals surface area (Å²) in [6, 6.07) is 2.25. The first kappa shape index (κ1) is 17.1. The number of aryl methyl sites for hydroxylation is 2. The summed E-state index contributed by atoms with van der Waals surface area (Å²) in [6.45, 7) is 11.0. The van der Waals surface area contributed by atoms with Crippen LogP contribution in [0.5, 0.6) is 0 Å². The van der Waals surface area contributed by atoms with Gasteiger partial charge in [0.15, 0.2) is 0 Å². The number of nitrogens with one attached hydrogen (secondary N) is 1. The maximum absolute atomic E-state index is 11.9. The first-order valence-electron chi connectivity index (χ1n) is 6.85. The smallest absolute Gasteiger partial charge is 0.230 e. The van der Waals surface area contributed by atoms with Crippen LogP contribution in [-0.2, 0) is 9.53 Å². The molecule has 0 aromatic heterocycles. The third-order valence-corrected chi connectivity index (χ3v) is 4.78. The van der Waals surface area contributed by atoms with Gasteiger partial charge in [-0.1, -0.05) is 6.07 Å². The zero-order valence-electron chi connectivity index (χ0n) is 13.3. The lowest BCUT2D eigenvalue weighted by Gasteiger charge is -2.16. The van der Waals surface area contributed by atoms with Crippen molar-refractivity contribution in [3.05, 3.63) is 28.3 Å². The Hall–Kier alpha value is -1.00. The van der Waals surface area contributed by atoms with Gasteiger partial charge in [0.2, 0.25) is 5.91 Å². The highest BCUT2D eigenvalue weighted by Gasteiger charge is 2.12. The molecule has 1 aromatic rings. The van der Waals surface area contributed by atoms with Crippen LogP contribution in [0.15, 0.2) is 11.0 Å². The van der Waals surface area contributed by atoms with Crippen molar-refractivity contribution in [2.75, 3.05) is 19.5 Å². The highest BCUT2D eigenvalue weighted by Crippen LogP contribution is 2.30. The van der Waals surface area contributed by atoms with E-state index in [1.807, 2.05) is 6.92 Å². The van der Waals surface area contributed by atoms with Gasteiger partial charge < -0.3 is 10.1 Å². The van der Waals surface area contributed by atoms with E-state index in [-0.39, 0.29) is 11.9 Å². The molecule has 1 atom stereocenters. The van der Waals surface area contributed by atoms with Gasteiger partial charge in [-0.25, -0.2) is 0 Å². The van der Waals surface area contributed by atoms with Crippen LogP contribution in [0.1, 0.15) is 29.2 Å². The molecule has 0 saturated heterocycles. The molecule has 1 aromatic carbocycles. The zero-order chi connectivity index (χ0) is 15.3. The minimum atomic E-state index is 0.0505. The summed E-state index contributed by atoms with van der Waals surface area (Å²) < 4.78 is 5.02. The van der Waals surface area contributed by atoms with E-state index in [1.165, 1.54) is 27.1 Å². The SMILES string of the molecule is COC[C@H](C)NC(=O)CSc1c(C)c(C)cc(C)c1C. The third-order valence-electron chi connectivity index (χ3n) is 3.47. The quantitative estimate of drug-likeness (QED) is 0.819. The lowest BCUT2D eigenvalue weighted by atomic mass is 10.0. The second-order valence-corrected chi connectivity index (χ2v) is 6.29. The van der Waals surface area contributed by atoms with E-state index >= 15 is 0 Å². The minimum absolute atomic E-state index is 0.0505. The normalized spacial score (nSPS) is 12.3. The Morgan fingerprint density at radius 1 is 1.25 bits per heavy atom. The first-order chi connectivity index (χ1) is 9.36. The van der Waals surface area contributed by atoms with Gasteiger partial charge >= 0.3 is 0 Å². The van der Waals surface area contributed by atoms with Gasteiger partial charge in [0.1, 0.15) is 0 Å². The predicted molar refractivity (Wildman–Crippen MR) is 85.6 cm³/mol. The number of carbonyl (C=O) groups is 1. The van der Waals surface area contributed by atoms with Gasteiger partial charge in [-0.05, 0) is 56.9 Å². The van der Waals surface area contributed by atoms with Gasteiger partial charge in [0.25, 0.3) is 0 Å². The molecule has 0 fully saturated rings. The van der Waals surface area contributed by atoms with Crippen LogP contribution in [-0.4, -0.2) is 31.4 Å². The molecule has 0 unspecified atom stereocenters. The molecule has 0 aliphatic carbocycles. The summed E-state index contributed by atoms with van der Waals surface area (Å²) in [6.07, 6.45) is 0. The van der Waals surface area contributed by atoms with Crippen molar-refractivity contribution in [3.63, 3.8) is 0 Å². The van der Waals surface area contributed by atoms with Gasteiger partial charge in [-0.3, -0.25) is 4.79 Å². The molecule has 1 N–H and O–H groups in total. The Labute approximate surface area is 126 Å². The van der Waals surface area contributed by atoms with Crippen molar-refractivity contribution in [1.29, 1.82) is 0 Å². The number of rotatable bonds is 6. The van der Waals surface area contributed by atoms with Gasteiger partial charge in [-0.2, -0.15) is 0 Å². The monoisotopic (exact) mass is 295 g/mol. The molecule has 0 radical (unpaired) electrons. The van der Waals surface area contributed by atoms with Crippen LogP contribution >= 0.6 is 11.8 Å². The molecular weight excluding hydrogens is 270 g/mol. The van der Waals surface area contributed by atoms with Crippen molar-refractivity contribution in [3.8, 4) is 0 Å². The fourth-order valence-electron chi connectivity index (χ4n) is 2.14. The topological polar surface area (TPSA) is 38.3 Å². The number of hydrogen-bond acceptors (Lipinski definition) is 3. The molecule has 0 aliphatic rings. The van der Waals surface area contributed by atoms with E-state index in [4.69, 9.17) is 4.74 Å². The molecule has 1 amide bonds. The molecular formula is C16H25NO2S. The Morgan fingerprint density at radius 2 is 1.80 bits per heavy atom. The highest BCUT2D eigenvalue weighted by atomic mass is 32.2. The number of amides is 1. The first-order valence-corrected chi connectivity index (χ1v) is 7.83. The Morgan fingerprint density at radius 3 is 2.30 bits per heavy atom. The zero-order valence-corrected chi connectivity index (χ0v) is 14.1. The maximum atomic E-state index is 11.9. The van der Waals surface area contributed by atoms with E-state index < -0.39 is 0 Å². The number of methoxy groups -OCH3 is 1. The van der Waals surface area contributed by atoms with Crippen LogP contribution in [0.2, 0.25) is 0 Å². The van der Waals surface area contributed by atoms with Crippen molar-refractivity contribution in [1.82, 2.24) is 5.32 Å². The van der Waals surface area contributed by atoms with E-state index in [0.717, 1.165) is 0 Å². The molecule has 0 spiro atoms. The third kappa shape index (κ3) is 4.53. The van der Waals surface area contributed by atoms with Crippen molar-refractivity contribution < 1.29 is 9.53 Å². The van der Waals surface area contributed by atoms with E-state index in [1.54, 1.807) is 18.9 Å². The molecule has 0 bridgehead atoms. The fourth-order valence-corrected chi connectivity index (χ4v) is 3.26. The molecule has 3 nitrogen and oxygen atoms in total. The summed E-state index contributed by atoms with van der Waals surface area (Å²) in [5, 5.41) is 2.93. The van der Waals surface area contributed by atoms with Gasteiger partial charge in [0.05, 0.1) is 12.4 Å². The van der Waals surface area contributed by atoms with Crippen LogP contribution in [0.25, 0.3) is 0 Å². The number of thioether (sulfide) groups is 1. The molecule has 0 aliphatic heterocycles. The van der Waals surface area contributed by atoms with E-state index in [2.05, 4.69) is 39.1 Å². The molecule has 20 heavy (non-hydrogen) atoms. The van der Waals surface area contributed by atoms with E-state index in [0.29, 0.717) is 12.4 Å². The standard InChI is InChI=1S/C16H25NO2S/c1-10-7-11(2)14(5)16(13(10)4)20-9-15(18)17-12(3)8-19-6/h7,12H,8-9H2,1-6H3,(H,17,18)/t12-/m0/s1. The number of hydrogen-bond donors (Lipinski definition) is 1. The second kappa shape index (κ2) is 7.70.